The summed E-state index contributed by atoms with van der Waals surface area (Å²) in [4.78, 5) is 27.3. The Bertz CT molecular complexity index is 1470. The first kappa shape index (κ1) is 23.9. The molecular weight excluding hydrogens is 474 g/mol. The third-order valence-corrected chi connectivity index (χ3v) is 7.43. The van der Waals surface area contributed by atoms with Crippen LogP contribution in [0.25, 0.3) is 10.2 Å². The zero-order valence-electron chi connectivity index (χ0n) is 20.2. The summed E-state index contributed by atoms with van der Waals surface area (Å²) in [7, 11) is 0. The van der Waals surface area contributed by atoms with Crippen LogP contribution in [0.3, 0.4) is 0 Å². The summed E-state index contributed by atoms with van der Waals surface area (Å²) in [6.45, 7) is 4.52. The smallest absolute Gasteiger partial charge is 0.279 e. The van der Waals surface area contributed by atoms with Crippen LogP contribution in [0, 0.1) is 12.8 Å². The summed E-state index contributed by atoms with van der Waals surface area (Å²) in [6.07, 6.45) is 4.42. The van der Waals surface area contributed by atoms with Crippen LogP contribution in [0.15, 0.2) is 58.4 Å². The lowest BCUT2D eigenvalue weighted by Crippen LogP contribution is -2.32. The van der Waals surface area contributed by atoms with Crippen LogP contribution in [-0.4, -0.2) is 27.1 Å². The fourth-order valence-corrected chi connectivity index (χ4v) is 5.56. The molecule has 5 rings (SSSR count). The molecule has 0 fully saturated rings. The number of hydrazone groups is 1. The Morgan fingerprint density at radius 1 is 1.22 bits per heavy atom. The maximum Gasteiger partial charge on any atom is 0.279 e. The maximum atomic E-state index is 13.0. The van der Waals surface area contributed by atoms with Crippen molar-refractivity contribution in [1.82, 2.24) is 20.4 Å². The van der Waals surface area contributed by atoms with Crippen LogP contribution < -0.4 is 15.7 Å². The molecule has 2 heterocycles. The minimum atomic E-state index is -0.447. The van der Waals surface area contributed by atoms with Gasteiger partial charge in [0, 0.05) is 4.88 Å². The van der Waals surface area contributed by atoms with Gasteiger partial charge in [-0.2, -0.15) is 5.10 Å². The predicted molar refractivity (Wildman–Crippen MR) is 141 cm³/mol. The van der Waals surface area contributed by atoms with E-state index in [1.54, 1.807) is 0 Å². The van der Waals surface area contributed by atoms with Gasteiger partial charge in [-0.1, -0.05) is 42.0 Å². The van der Waals surface area contributed by atoms with E-state index in [4.69, 9.17) is 4.74 Å². The molecule has 0 saturated carbocycles. The average Bonchev–Trinajstić information content (AvgIpc) is 3.24. The zero-order chi connectivity index (χ0) is 25.1. The Balaban J connectivity index is 1.17. The van der Waals surface area contributed by atoms with E-state index in [1.165, 1.54) is 28.0 Å². The van der Waals surface area contributed by atoms with Gasteiger partial charge in [-0.25, -0.2) is 10.1 Å². The highest BCUT2D eigenvalue weighted by atomic mass is 32.1. The molecule has 2 aromatic carbocycles. The lowest BCUT2D eigenvalue weighted by molar-refractivity contribution is -0.121. The second-order valence-electron chi connectivity index (χ2n) is 9.22. The van der Waals surface area contributed by atoms with Crippen molar-refractivity contribution in [2.24, 2.45) is 11.0 Å². The van der Waals surface area contributed by atoms with E-state index in [9.17, 15) is 9.59 Å². The molecule has 1 aliphatic carbocycles. The second-order valence-corrected chi connectivity index (χ2v) is 10.3. The molecule has 1 amide bonds. The number of rotatable bonds is 7. The molecule has 8 nitrogen and oxygen atoms in total. The molecule has 0 aliphatic heterocycles. The molecule has 184 valence electrons. The highest BCUT2D eigenvalue weighted by molar-refractivity contribution is 7.18. The number of hydrogen-bond acceptors (Lipinski definition) is 7. The number of thiophene rings is 1. The zero-order valence-corrected chi connectivity index (χ0v) is 21.0. The van der Waals surface area contributed by atoms with Gasteiger partial charge < -0.3 is 4.74 Å². The topological polar surface area (TPSA) is 98.5 Å². The van der Waals surface area contributed by atoms with Crippen molar-refractivity contribution in [3.8, 4) is 5.75 Å². The van der Waals surface area contributed by atoms with Crippen LogP contribution in [0.2, 0.25) is 0 Å². The molecule has 0 radical (unpaired) electrons. The van der Waals surface area contributed by atoms with Gasteiger partial charge in [-0.05, 0) is 73.1 Å². The van der Waals surface area contributed by atoms with Crippen LogP contribution in [0.5, 0.6) is 5.75 Å². The van der Waals surface area contributed by atoms with Gasteiger partial charge in [-0.15, -0.1) is 16.4 Å². The van der Waals surface area contributed by atoms with Crippen LogP contribution >= 0.6 is 11.3 Å². The number of benzene rings is 2. The Labute approximate surface area is 212 Å². The van der Waals surface area contributed by atoms with Crippen molar-refractivity contribution in [1.29, 1.82) is 0 Å². The van der Waals surface area contributed by atoms with E-state index in [2.05, 4.69) is 46.8 Å². The summed E-state index contributed by atoms with van der Waals surface area (Å²) in [5, 5.41) is 12.8. The minimum absolute atomic E-state index is 0.244. The Morgan fingerprint density at radius 3 is 2.78 bits per heavy atom. The molecule has 2 aromatic heterocycles. The van der Waals surface area contributed by atoms with E-state index in [1.807, 2.05) is 36.4 Å². The molecule has 1 N–H and O–H groups in total. The fraction of sp³-hybridized carbons (Fsp3) is 0.296. The lowest BCUT2D eigenvalue weighted by atomic mass is 9.89. The van der Waals surface area contributed by atoms with Crippen molar-refractivity contribution in [2.75, 3.05) is 0 Å². The molecule has 1 atom stereocenters. The number of fused-ring (bicyclic) bond motifs is 3. The van der Waals surface area contributed by atoms with E-state index < -0.39 is 5.91 Å². The quantitative estimate of drug-likeness (QED) is 0.305. The Kier molecular flexibility index (Phi) is 6.90. The summed E-state index contributed by atoms with van der Waals surface area (Å²) >= 11 is 1.54. The molecule has 1 aliphatic rings. The van der Waals surface area contributed by atoms with Crippen molar-refractivity contribution >= 4 is 33.7 Å². The van der Waals surface area contributed by atoms with Gasteiger partial charge in [0.05, 0.1) is 11.6 Å². The number of carbonyl (C=O) groups excluding carboxylic acids is 1. The van der Waals surface area contributed by atoms with Gasteiger partial charge >= 0.3 is 0 Å². The average molecular weight is 502 g/mol. The molecule has 0 bridgehead atoms. The van der Waals surface area contributed by atoms with Gasteiger partial charge in [0.25, 0.3) is 11.5 Å². The molecule has 4 aromatic rings. The monoisotopic (exact) mass is 501 g/mol. The van der Waals surface area contributed by atoms with E-state index in [0.29, 0.717) is 22.7 Å². The summed E-state index contributed by atoms with van der Waals surface area (Å²) < 4.78 is 6.92. The molecular formula is C27H27N5O3S. The van der Waals surface area contributed by atoms with E-state index in [-0.39, 0.29) is 12.1 Å². The largest absolute Gasteiger partial charge is 0.489 e. The molecule has 0 spiro atoms. The Hall–Kier alpha value is -3.85. The fourth-order valence-electron chi connectivity index (χ4n) is 4.25. The minimum Gasteiger partial charge on any atom is -0.489 e. The summed E-state index contributed by atoms with van der Waals surface area (Å²) in [5.74, 6) is 0.903. The van der Waals surface area contributed by atoms with Gasteiger partial charge in [0.15, 0.2) is 4.83 Å². The van der Waals surface area contributed by atoms with Gasteiger partial charge in [0.2, 0.25) is 0 Å². The first-order valence-electron chi connectivity index (χ1n) is 11.9. The highest BCUT2D eigenvalue weighted by Crippen LogP contribution is 2.35. The molecule has 9 heteroatoms. The number of nitrogens with zero attached hydrogens (tertiary/aromatic N) is 4. The third-order valence-electron chi connectivity index (χ3n) is 6.29. The van der Waals surface area contributed by atoms with Crippen LogP contribution in [0.1, 0.15) is 40.5 Å². The summed E-state index contributed by atoms with van der Waals surface area (Å²) in [5.41, 5.74) is 6.38. The van der Waals surface area contributed by atoms with Gasteiger partial charge in [-0.3, -0.25) is 9.59 Å². The maximum absolute atomic E-state index is 13.0. The van der Waals surface area contributed by atoms with Gasteiger partial charge in [0.1, 0.15) is 18.9 Å². The van der Waals surface area contributed by atoms with Crippen molar-refractivity contribution in [3.63, 3.8) is 0 Å². The number of aromatic nitrogens is 3. The molecule has 1 unspecified atom stereocenters. The first-order chi connectivity index (χ1) is 17.5. The van der Waals surface area contributed by atoms with E-state index in [0.717, 1.165) is 46.4 Å². The van der Waals surface area contributed by atoms with Crippen LogP contribution in [-0.2, 0) is 30.8 Å². The van der Waals surface area contributed by atoms with Crippen molar-refractivity contribution in [2.45, 2.75) is 46.3 Å². The number of aryl methyl sites for hydroxylation is 2. The van der Waals surface area contributed by atoms with E-state index >= 15 is 0 Å². The predicted octanol–water partition coefficient (Wildman–Crippen LogP) is 4.02. The number of hydrogen-bond donors (Lipinski definition) is 1. The number of amides is 1. The Morgan fingerprint density at radius 2 is 2.00 bits per heavy atom. The SMILES string of the molecule is Cc1ccc(COc2ccc(/C=N/NC(=O)Cn3nnc4sc5c(c4c3=O)CCC(C)C5)cc2)cc1. The molecule has 0 saturated heterocycles. The van der Waals surface area contributed by atoms with Crippen LogP contribution in [0.4, 0.5) is 0 Å². The number of ether oxygens (including phenoxy) is 1. The first-order valence-corrected chi connectivity index (χ1v) is 12.8. The standard InChI is InChI=1S/C27H27N5O3S/c1-17-3-6-20(7-4-17)16-35-21-10-8-19(9-11-21)14-28-29-24(33)15-32-27(34)25-22-12-5-18(2)13-23(22)36-26(25)30-31-32/h3-4,6-11,14,18H,5,12-13,15-16H2,1-2H3,(H,29,33)/b28-14+. The normalized spacial score (nSPS) is 15.2. The number of carbonyl (C=O) groups is 1. The van der Waals surface area contributed by atoms with Crippen molar-refractivity contribution < 1.29 is 9.53 Å². The third kappa shape index (κ3) is 5.36. The summed E-state index contributed by atoms with van der Waals surface area (Å²) in [6, 6.07) is 15.6. The van der Waals surface area contributed by atoms with Crippen molar-refractivity contribution in [3.05, 3.63) is 86.0 Å². The molecule has 36 heavy (non-hydrogen) atoms. The number of nitrogens with one attached hydrogen (secondary N) is 1. The lowest BCUT2D eigenvalue weighted by Gasteiger charge is -2.17. The second kappa shape index (κ2) is 10.4. The highest BCUT2D eigenvalue weighted by Gasteiger charge is 2.24.